The number of pyridine rings is 1. The van der Waals surface area contributed by atoms with Gasteiger partial charge in [0, 0.05) is 12.4 Å². The van der Waals surface area contributed by atoms with Crippen LogP contribution in [-0.4, -0.2) is 27.6 Å². The van der Waals surface area contributed by atoms with Gasteiger partial charge < -0.3 is 26.9 Å². The summed E-state index contributed by atoms with van der Waals surface area (Å²) in [7, 11) is 0. The first kappa shape index (κ1) is 24.0. The van der Waals surface area contributed by atoms with Crippen molar-refractivity contribution in [2.75, 3.05) is 10.6 Å². The molecule has 2 aromatic heterocycles. The van der Waals surface area contributed by atoms with Crippen LogP contribution in [0.5, 0.6) is 0 Å². The number of halogens is 1. The van der Waals surface area contributed by atoms with Crippen LogP contribution >= 0.6 is 11.5 Å². The number of aryl methyl sites for hydroxylation is 1. The summed E-state index contributed by atoms with van der Waals surface area (Å²) in [5.41, 5.74) is 15.5. The van der Waals surface area contributed by atoms with Crippen LogP contribution in [0.15, 0.2) is 67.0 Å². The van der Waals surface area contributed by atoms with Crippen molar-refractivity contribution in [2.45, 2.75) is 19.0 Å². The second kappa shape index (κ2) is 10.4. The lowest BCUT2D eigenvalue weighted by atomic mass is 9.97. The van der Waals surface area contributed by atoms with Crippen LogP contribution < -0.4 is 22.1 Å². The van der Waals surface area contributed by atoms with E-state index in [4.69, 9.17) is 11.5 Å². The van der Waals surface area contributed by atoms with Crippen molar-refractivity contribution in [3.63, 3.8) is 0 Å². The second-order valence-electron chi connectivity index (χ2n) is 7.89. The monoisotopic (exact) mass is 490 g/mol. The second-order valence-corrected chi connectivity index (χ2v) is 8.69. The zero-order chi connectivity index (χ0) is 24.9. The molecule has 10 heteroatoms. The number of aromatic nitrogens is 2. The number of nitrogens with zero attached hydrogens (tertiary/aromatic N) is 2. The summed E-state index contributed by atoms with van der Waals surface area (Å²) in [5, 5.41) is 6.55. The SMILES string of the molecule is Cc1cc(Nc2cc(NC(C=O)C(N)c3ccc(-c4ccncc4)cc3)c(F)cc2C(N)=O)sn1. The van der Waals surface area contributed by atoms with E-state index in [0.717, 1.165) is 22.9 Å². The largest absolute Gasteiger partial charge is 0.372 e. The van der Waals surface area contributed by atoms with Gasteiger partial charge in [-0.25, -0.2) is 4.39 Å². The van der Waals surface area contributed by atoms with Crippen LogP contribution in [0.2, 0.25) is 0 Å². The van der Waals surface area contributed by atoms with Crippen LogP contribution in [0.1, 0.15) is 27.7 Å². The first-order valence-electron chi connectivity index (χ1n) is 10.7. The molecular weight excluding hydrogens is 467 g/mol. The highest BCUT2D eigenvalue weighted by molar-refractivity contribution is 7.10. The molecule has 2 atom stereocenters. The Morgan fingerprint density at radius 2 is 1.74 bits per heavy atom. The van der Waals surface area contributed by atoms with Crippen molar-refractivity contribution in [1.29, 1.82) is 0 Å². The minimum Gasteiger partial charge on any atom is -0.372 e. The molecule has 2 heterocycles. The fourth-order valence-corrected chi connectivity index (χ4v) is 4.26. The van der Waals surface area contributed by atoms with Gasteiger partial charge >= 0.3 is 0 Å². The Balaban J connectivity index is 1.58. The number of anilines is 3. The van der Waals surface area contributed by atoms with E-state index in [9.17, 15) is 14.0 Å². The highest BCUT2D eigenvalue weighted by atomic mass is 32.1. The maximum absolute atomic E-state index is 14.9. The van der Waals surface area contributed by atoms with Gasteiger partial charge in [-0.1, -0.05) is 24.3 Å². The zero-order valence-corrected chi connectivity index (χ0v) is 19.6. The summed E-state index contributed by atoms with van der Waals surface area (Å²) in [6.45, 7) is 1.83. The molecule has 35 heavy (non-hydrogen) atoms. The number of rotatable bonds is 9. The molecule has 2 aromatic carbocycles. The number of amides is 1. The van der Waals surface area contributed by atoms with Gasteiger partial charge in [-0.05, 0) is 65.5 Å². The molecule has 0 aliphatic heterocycles. The van der Waals surface area contributed by atoms with Crippen LogP contribution in [0.3, 0.4) is 0 Å². The molecule has 8 nitrogen and oxygen atoms in total. The molecule has 0 aliphatic rings. The normalized spacial score (nSPS) is 12.5. The molecule has 0 fully saturated rings. The van der Waals surface area contributed by atoms with Crippen molar-refractivity contribution in [3.8, 4) is 11.1 Å². The van der Waals surface area contributed by atoms with E-state index in [-0.39, 0.29) is 16.9 Å². The Hall–Kier alpha value is -4.15. The van der Waals surface area contributed by atoms with Crippen LogP contribution in [0.25, 0.3) is 11.1 Å². The lowest BCUT2D eigenvalue weighted by Gasteiger charge is -2.23. The molecule has 0 saturated carbocycles. The average Bonchev–Trinajstić information content (AvgIpc) is 3.28. The predicted octanol–water partition coefficient (Wildman–Crippen LogP) is 4.17. The third kappa shape index (κ3) is 5.51. The van der Waals surface area contributed by atoms with Gasteiger partial charge in [-0.15, -0.1) is 0 Å². The third-order valence-corrected chi connectivity index (χ3v) is 6.22. The van der Waals surface area contributed by atoms with E-state index in [1.165, 1.54) is 17.6 Å². The first-order chi connectivity index (χ1) is 16.9. The van der Waals surface area contributed by atoms with E-state index in [1.807, 2.05) is 43.3 Å². The standard InChI is InChI=1S/C25H23FN6O2S/c1-14-10-23(35-32-14)31-20-12-21(19(26)11-18(20)25(28)34)30-22(13-33)24(27)17-4-2-15(3-5-17)16-6-8-29-9-7-16/h2-13,22,24,30-31H,27H2,1H3,(H2,28,34). The van der Waals surface area contributed by atoms with Crippen molar-refractivity contribution in [3.05, 3.63) is 89.6 Å². The molecule has 0 saturated heterocycles. The maximum atomic E-state index is 14.9. The number of benzene rings is 2. The Morgan fingerprint density at radius 3 is 2.34 bits per heavy atom. The van der Waals surface area contributed by atoms with E-state index >= 15 is 0 Å². The van der Waals surface area contributed by atoms with Gasteiger partial charge in [0.1, 0.15) is 23.1 Å². The minimum absolute atomic E-state index is 0.000284. The maximum Gasteiger partial charge on any atom is 0.250 e. The Bertz CT molecular complexity index is 1340. The minimum atomic E-state index is -0.936. The third-order valence-electron chi connectivity index (χ3n) is 5.42. The molecule has 0 aliphatic carbocycles. The van der Waals surface area contributed by atoms with Gasteiger partial charge in [-0.3, -0.25) is 9.78 Å². The summed E-state index contributed by atoms with van der Waals surface area (Å²) in [6.07, 6.45) is 4.04. The number of hydrogen-bond donors (Lipinski definition) is 4. The number of carbonyl (C=O) groups excluding carboxylic acids is 2. The van der Waals surface area contributed by atoms with Gasteiger partial charge in [-0.2, -0.15) is 4.37 Å². The lowest BCUT2D eigenvalue weighted by molar-refractivity contribution is -0.108. The highest BCUT2D eigenvalue weighted by Crippen LogP contribution is 2.30. The molecule has 178 valence electrons. The molecule has 0 bridgehead atoms. The van der Waals surface area contributed by atoms with Gasteiger partial charge in [0.25, 0.3) is 5.91 Å². The number of aldehydes is 1. The molecule has 6 N–H and O–H groups in total. The topological polar surface area (TPSA) is 136 Å². The van der Waals surface area contributed by atoms with Gasteiger partial charge in [0.2, 0.25) is 0 Å². The van der Waals surface area contributed by atoms with Crippen molar-refractivity contribution in [2.24, 2.45) is 11.5 Å². The lowest BCUT2D eigenvalue weighted by Crippen LogP contribution is -2.35. The van der Waals surface area contributed by atoms with Crippen molar-refractivity contribution in [1.82, 2.24) is 9.36 Å². The number of nitrogens with two attached hydrogens (primary N) is 2. The smallest absolute Gasteiger partial charge is 0.250 e. The Kier molecular flexibility index (Phi) is 7.14. The number of nitrogens with one attached hydrogen (secondary N) is 2. The molecule has 0 spiro atoms. The molecular formula is C25H23FN6O2S. The van der Waals surface area contributed by atoms with Crippen molar-refractivity contribution < 1.29 is 14.0 Å². The summed E-state index contributed by atoms with van der Waals surface area (Å²) in [6, 6.07) is 13.7. The summed E-state index contributed by atoms with van der Waals surface area (Å²) < 4.78 is 19.0. The van der Waals surface area contributed by atoms with Crippen molar-refractivity contribution >= 4 is 40.1 Å². The quantitative estimate of drug-likeness (QED) is 0.259. The van der Waals surface area contributed by atoms with E-state index in [2.05, 4.69) is 20.0 Å². The number of hydrogen-bond acceptors (Lipinski definition) is 8. The fraction of sp³-hybridized carbons (Fsp3) is 0.120. The highest BCUT2D eigenvalue weighted by Gasteiger charge is 2.22. The van der Waals surface area contributed by atoms with E-state index in [0.29, 0.717) is 16.9 Å². The Morgan fingerprint density at radius 1 is 1.06 bits per heavy atom. The van der Waals surface area contributed by atoms with Crippen LogP contribution in [0.4, 0.5) is 20.8 Å². The van der Waals surface area contributed by atoms with E-state index in [1.54, 1.807) is 18.5 Å². The summed E-state index contributed by atoms with van der Waals surface area (Å²) >= 11 is 1.19. The summed E-state index contributed by atoms with van der Waals surface area (Å²) in [5.74, 6) is -1.53. The number of primary amides is 1. The molecule has 4 rings (SSSR count). The summed E-state index contributed by atoms with van der Waals surface area (Å²) in [4.78, 5) is 27.8. The zero-order valence-electron chi connectivity index (χ0n) is 18.7. The first-order valence-corrected chi connectivity index (χ1v) is 11.4. The molecule has 2 unspecified atom stereocenters. The van der Waals surface area contributed by atoms with Crippen LogP contribution in [0, 0.1) is 12.7 Å². The van der Waals surface area contributed by atoms with Gasteiger partial charge in [0.15, 0.2) is 0 Å². The van der Waals surface area contributed by atoms with Crippen LogP contribution in [-0.2, 0) is 4.79 Å². The number of carbonyl (C=O) groups is 2. The fourth-order valence-electron chi connectivity index (χ4n) is 3.58. The molecule has 0 radical (unpaired) electrons. The van der Waals surface area contributed by atoms with E-state index < -0.39 is 23.8 Å². The molecule has 1 amide bonds. The van der Waals surface area contributed by atoms with Gasteiger partial charge in [0.05, 0.1) is 28.7 Å². The Labute approximate surface area is 205 Å². The average molecular weight is 491 g/mol. The molecule has 4 aromatic rings. The predicted molar refractivity (Wildman–Crippen MR) is 135 cm³/mol.